The molecule has 0 saturated carbocycles. The number of anilines is 1. The fraction of sp³-hybridized carbons (Fsp3) is 0.520. The van der Waals surface area contributed by atoms with E-state index in [0.717, 1.165) is 52.0 Å². The number of hydrogen-bond acceptors (Lipinski definition) is 4. The van der Waals surface area contributed by atoms with Gasteiger partial charge in [-0.1, -0.05) is 18.2 Å². The topological polar surface area (TPSA) is 69.6 Å². The van der Waals surface area contributed by atoms with Gasteiger partial charge >= 0.3 is 6.03 Å². The summed E-state index contributed by atoms with van der Waals surface area (Å²) < 4.78 is 1.70. The summed E-state index contributed by atoms with van der Waals surface area (Å²) in [5.74, 6) is 0. The van der Waals surface area contributed by atoms with Crippen LogP contribution in [0.15, 0.2) is 53.5 Å². The van der Waals surface area contributed by atoms with Crippen molar-refractivity contribution in [2.75, 3.05) is 44.2 Å². The number of piperazine rings is 1. The van der Waals surface area contributed by atoms with Gasteiger partial charge in [0.15, 0.2) is 0 Å². The van der Waals surface area contributed by atoms with Crippen molar-refractivity contribution in [1.82, 2.24) is 20.1 Å². The summed E-state index contributed by atoms with van der Waals surface area (Å²) in [5.41, 5.74) is 2.63. The minimum atomic E-state index is -0.112. The zero-order chi connectivity index (χ0) is 22.8. The maximum absolute atomic E-state index is 12.1. The van der Waals surface area contributed by atoms with E-state index in [0.29, 0.717) is 13.1 Å². The first-order valence-corrected chi connectivity index (χ1v) is 11.7. The molecule has 0 radical (unpaired) electrons. The van der Waals surface area contributed by atoms with Crippen LogP contribution in [-0.2, 0) is 6.54 Å². The highest BCUT2D eigenvalue weighted by Gasteiger charge is 2.18. The van der Waals surface area contributed by atoms with Crippen LogP contribution >= 0.6 is 0 Å². The van der Waals surface area contributed by atoms with Crippen molar-refractivity contribution >= 4 is 11.7 Å². The lowest BCUT2D eigenvalue weighted by Crippen LogP contribution is -2.48. The van der Waals surface area contributed by atoms with Crippen molar-refractivity contribution in [1.29, 1.82) is 0 Å². The van der Waals surface area contributed by atoms with E-state index in [1.165, 1.54) is 11.3 Å². The van der Waals surface area contributed by atoms with Crippen molar-refractivity contribution in [3.63, 3.8) is 0 Å². The summed E-state index contributed by atoms with van der Waals surface area (Å²) in [6.45, 7) is 10.7. The molecule has 1 unspecified atom stereocenters. The number of unbranched alkanes of at least 4 members (excludes halogenated alkanes) is 1. The van der Waals surface area contributed by atoms with Crippen molar-refractivity contribution in [2.24, 2.45) is 0 Å². The van der Waals surface area contributed by atoms with Gasteiger partial charge in [-0.2, -0.15) is 0 Å². The number of carbonyl (C=O) groups is 1. The van der Waals surface area contributed by atoms with Crippen molar-refractivity contribution in [2.45, 2.75) is 45.7 Å². The average Bonchev–Trinajstić information content (AvgIpc) is 2.79. The molecule has 2 aromatic rings. The predicted molar refractivity (Wildman–Crippen MR) is 130 cm³/mol. The van der Waals surface area contributed by atoms with Gasteiger partial charge in [0, 0.05) is 69.8 Å². The third-order valence-corrected chi connectivity index (χ3v) is 6.01. The molecule has 32 heavy (non-hydrogen) atoms. The Morgan fingerprint density at radius 2 is 1.84 bits per heavy atom. The van der Waals surface area contributed by atoms with E-state index >= 15 is 0 Å². The van der Waals surface area contributed by atoms with Crippen LogP contribution in [0.1, 0.15) is 31.7 Å². The van der Waals surface area contributed by atoms with Crippen LogP contribution in [0.5, 0.6) is 0 Å². The molecule has 2 N–H and O–H groups in total. The summed E-state index contributed by atoms with van der Waals surface area (Å²) in [6, 6.07) is 13.9. The van der Waals surface area contributed by atoms with Gasteiger partial charge in [-0.3, -0.25) is 9.69 Å². The molecule has 0 bridgehead atoms. The maximum atomic E-state index is 12.1. The smallest absolute Gasteiger partial charge is 0.314 e. The van der Waals surface area contributed by atoms with Crippen LogP contribution in [0.25, 0.3) is 0 Å². The van der Waals surface area contributed by atoms with E-state index in [1.807, 2.05) is 6.07 Å². The highest BCUT2D eigenvalue weighted by atomic mass is 16.2. The summed E-state index contributed by atoms with van der Waals surface area (Å²) in [6.07, 6.45) is 4.43. The Labute approximate surface area is 191 Å². The lowest BCUT2D eigenvalue weighted by atomic mass is 10.1. The number of benzene rings is 1. The molecule has 0 aliphatic carbocycles. The normalized spacial score (nSPS) is 15.4. The molecule has 1 aromatic carbocycles. The first kappa shape index (κ1) is 23.9. The molecule has 1 saturated heterocycles. The Hall–Kier alpha value is -2.80. The minimum Gasteiger partial charge on any atom is -0.369 e. The summed E-state index contributed by atoms with van der Waals surface area (Å²) >= 11 is 0. The van der Waals surface area contributed by atoms with Crippen molar-refractivity contribution in [3.05, 3.63) is 64.6 Å². The van der Waals surface area contributed by atoms with Gasteiger partial charge < -0.3 is 20.1 Å². The molecule has 1 fully saturated rings. The van der Waals surface area contributed by atoms with E-state index < -0.39 is 0 Å². The van der Waals surface area contributed by atoms with Crippen molar-refractivity contribution in [3.8, 4) is 0 Å². The van der Waals surface area contributed by atoms with Gasteiger partial charge in [0.2, 0.25) is 5.56 Å². The Balaban J connectivity index is 1.25. The monoisotopic (exact) mass is 439 g/mol. The van der Waals surface area contributed by atoms with Gasteiger partial charge in [0.1, 0.15) is 0 Å². The predicted octanol–water partition coefficient (Wildman–Crippen LogP) is 2.84. The van der Waals surface area contributed by atoms with E-state index in [4.69, 9.17) is 0 Å². The van der Waals surface area contributed by atoms with Gasteiger partial charge in [-0.05, 0) is 56.9 Å². The Morgan fingerprint density at radius 3 is 2.59 bits per heavy atom. The molecule has 7 heteroatoms. The molecule has 0 spiro atoms. The quantitative estimate of drug-likeness (QED) is 0.559. The Bertz CT molecular complexity index is 905. The zero-order valence-corrected chi connectivity index (χ0v) is 19.4. The number of urea groups is 1. The number of rotatable bonds is 10. The van der Waals surface area contributed by atoms with Crippen LogP contribution in [-0.4, -0.2) is 60.8 Å². The number of carbonyl (C=O) groups excluding carboxylic acids is 1. The fourth-order valence-corrected chi connectivity index (χ4v) is 4.03. The van der Waals surface area contributed by atoms with Crippen LogP contribution in [0.3, 0.4) is 0 Å². The molecular weight excluding hydrogens is 402 g/mol. The van der Waals surface area contributed by atoms with E-state index in [1.54, 1.807) is 22.9 Å². The van der Waals surface area contributed by atoms with Gasteiger partial charge in [0.25, 0.3) is 0 Å². The van der Waals surface area contributed by atoms with Crippen LogP contribution in [0, 0.1) is 6.92 Å². The molecule has 174 valence electrons. The number of hydrogen-bond donors (Lipinski definition) is 2. The fourth-order valence-electron chi connectivity index (χ4n) is 4.03. The number of nitrogens with one attached hydrogen (secondary N) is 2. The molecule has 2 amide bonds. The number of aromatic nitrogens is 1. The third-order valence-electron chi connectivity index (χ3n) is 6.01. The molecule has 1 atom stereocenters. The standard InChI is InChI=1S/C25H37N5O2/c1-21-8-7-9-23(20-21)29-18-16-28(17-19-29)15-11-22(2)27-25(32)26-12-4-6-14-30-13-5-3-10-24(30)31/h3,5,7-10,13,20,22H,4,6,11-12,14-19H2,1-2H3,(H2,26,27,32). The number of pyridine rings is 1. The molecule has 2 heterocycles. The van der Waals surface area contributed by atoms with E-state index in [2.05, 4.69) is 58.5 Å². The lowest BCUT2D eigenvalue weighted by molar-refractivity contribution is 0.227. The average molecular weight is 440 g/mol. The zero-order valence-electron chi connectivity index (χ0n) is 19.4. The summed E-state index contributed by atoms with van der Waals surface area (Å²) in [7, 11) is 0. The molecule has 7 nitrogen and oxygen atoms in total. The Morgan fingerprint density at radius 1 is 1.03 bits per heavy atom. The third kappa shape index (κ3) is 7.71. The molecule has 1 aromatic heterocycles. The van der Waals surface area contributed by atoms with Crippen LogP contribution < -0.4 is 21.1 Å². The largest absolute Gasteiger partial charge is 0.369 e. The van der Waals surface area contributed by atoms with Crippen molar-refractivity contribution < 1.29 is 4.79 Å². The van der Waals surface area contributed by atoms with E-state index in [9.17, 15) is 9.59 Å². The van der Waals surface area contributed by atoms with Gasteiger partial charge in [0.05, 0.1) is 0 Å². The van der Waals surface area contributed by atoms with Crippen LogP contribution in [0.4, 0.5) is 10.5 Å². The lowest BCUT2D eigenvalue weighted by Gasteiger charge is -2.36. The minimum absolute atomic E-state index is 0.0172. The first-order chi connectivity index (χ1) is 15.5. The first-order valence-electron chi connectivity index (χ1n) is 11.7. The second kappa shape index (κ2) is 12.3. The SMILES string of the molecule is Cc1cccc(N2CCN(CCC(C)NC(=O)NCCCCn3ccccc3=O)CC2)c1. The molecule has 1 aliphatic heterocycles. The second-order valence-electron chi connectivity index (χ2n) is 8.70. The Kier molecular flexibility index (Phi) is 9.16. The molecular formula is C25H37N5O2. The number of nitrogens with zero attached hydrogens (tertiary/aromatic N) is 3. The number of amides is 2. The maximum Gasteiger partial charge on any atom is 0.314 e. The van der Waals surface area contributed by atoms with Crippen LogP contribution in [0.2, 0.25) is 0 Å². The second-order valence-corrected chi connectivity index (χ2v) is 8.70. The summed E-state index contributed by atoms with van der Waals surface area (Å²) in [4.78, 5) is 28.7. The molecule has 1 aliphatic rings. The van der Waals surface area contributed by atoms with Gasteiger partial charge in [-0.15, -0.1) is 0 Å². The highest BCUT2D eigenvalue weighted by Crippen LogP contribution is 2.17. The summed E-state index contributed by atoms with van der Waals surface area (Å²) in [5, 5.41) is 5.96. The highest BCUT2D eigenvalue weighted by molar-refractivity contribution is 5.74. The van der Waals surface area contributed by atoms with Gasteiger partial charge in [-0.25, -0.2) is 4.79 Å². The number of aryl methyl sites for hydroxylation is 2. The molecule has 3 rings (SSSR count). The van der Waals surface area contributed by atoms with E-state index in [-0.39, 0.29) is 17.6 Å².